The predicted molar refractivity (Wildman–Crippen MR) is 109 cm³/mol. The lowest BCUT2D eigenvalue weighted by Crippen LogP contribution is -2.39. The highest BCUT2D eigenvalue weighted by molar-refractivity contribution is 5.98. The Morgan fingerprint density at radius 2 is 1.77 bits per heavy atom. The van der Waals surface area contributed by atoms with E-state index in [9.17, 15) is 22.4 Å². The predicted octanol–water partition coefficient (Wildman–Crippen LogP) is 4.81. The molecule has 0 unspecified atom stereocenters. The molecule has 0 aliphatic carbocycles. The second kappa shape index (κ2) is 9.78. The summed E-state index contributed by atoms with van der Waals surface area (Å²) < 4.78 is 62.7. The van der Waals surface area contributed by atoms with Gasteiger partial charge in [0, 0.05) is 19.2 Å². The normalized spacial score (nSPS) is 15.4. The molecule has 0 bridgehead atoms. The van der Waals surface area contributed by atoms with E-state index in [2.05, 4.69) is 0 Å². The van der Waals surface area contributed by atoms with E-state index in [1.807, 2.05) is 0 Å². The van der Waals surface area contributed by atoms with Crippen molar-refractivity contribution in [2.45, 2.75) is 6.18 Å². The molecule has 0 spiro atoms. The minimum Gasteiger partial charge on any atom is -0.494 e. The Morgan fingerprint density at radius 3 is 2.35 bits per heavy atom. The minimum absolute atomic E-state index is 0.0642. The van der Waals surface area contributed by atoms with Gasteiger partial charge in [0.25, 0.3) is 0 Å². The highest BCUT2D eigenvalue weighted by atomic mass is 19.4. The van der Waals surface area contributed by atoms with Crippen LogP contribution in [0.25, 0.3) is 11.6 Å². The molecule has 1 fully saturated rings. The summed E-state index contributed by atoms with van der Waals surface area (Å²) >= 11 is 0. The number of alkyl halides is 3. The number of halogens is 4. The van der Waals surface area contributed by atoms with Gasteiger partial charge in [-0.15, -0.1) is 0 Å². The summed E-state index contributed by atoms with van der Waals surface area (Å²) in [6.45, 7) is 1.77. The molecule has 1 heterocycles. The number of rotatable bonds is 5. The van der Waals surface area contributed by atoms with Crippen LogP contribution in [0.1, 0.15) is 16.7 Å². The van der Waals surface area contributed by atoms with E-state index in [4.69, 9.17) is 9.47 Å². The summed E-state index contributed by atoms with van der Waals surface area (Å²) in [5.41, 5.74) is 0.604. The Balaban J connectivity index is 1.91. The number of ether oxygens (including phenoxy) is 2. The third kappa shape index (κ3) is 5.95. The first-order valence-electron chi connectivity index (χ1n) is 9.55. The summed E-state index contributed by atoms with van der Waals surface area (Å²) in [5, 5.41) is 0. The molecule has 0 N–H and O–H groups in total. The van der Waals surface area contributed by atoms with Crippen LogP contribution < -0.4 is 4.74 Å². The van der Waals surface area contributed by atoms with Crippen molar-refractivity contribution in [2.75, 3.05) is 33.4 Å². The first kappa shape index (κ1) is 22.6. The molecule has 0 saturated carbocycles. The van der Waals surface area contributed by atoms with E-state index in [1.165, 1.54) is 37.5 Å². The van der Waals surface area contributed by atoms with Gasteiger partial charge in [0.1, 0.15) is 0 Å². The Morgan fingerprint density at radius 1 is 1.10 bits per heavy atom. The molecule has 31 heavy (non-hydrogen) atoms. The summed E-state index contributed by atoms with van der Waals surface area (Å²) in [4.78, 5) is 14.3. The van der Waals surface area contributed by atoms with Gasteiger partial charge in [0.2, 0.25) is 5.91 Å². The maximum absolute atomic E-state index is 14.2. The van der Waals surface area contributed by atoms with Gasteiger partial charge in [-0.05, 0) is 41.0 Å². The van der Waals surface area contributed by atoms with Crippen molar-refractivity contribution in [3.63, 3.8) is 0 Å². The summed E-state index contributed by atoms with van der Waals surface area (Å²) in [5.74, 6) is -0.784. The lowest BCUT2D eigenvalue weighted by Gasteiger charge is -2.25. The van der Waals surface area contributed by atoms with Gasteiger partial charge in [-0.2, -0.15) is 13.2 Å². The smallest absolute Gasteiger partial charge is 0.416 e. The van der Waals surface area contributed by atoms with Crippen molar-refractivity contribution in [1.82, 2.24) is 4.90 Å². The van der Waals surface area contributed by atoms with Crippen LogP contribution in [0.5, 0.6) is 5.75 Å². The second-order valence-corrected chi connectivity index (χ2v) is 6.84. The van der Waals surface area contributed by atoms with Crippen molar-refractivity contribution in [1.29, 1.82) is 0 Å². The zero-order chi connectivity index (χ0) is 22.4. The van der Waals surface area contributed by atoms with Crippen LogP contribution in [-0.4, -0.2) is 44.2 Å². The molecule has 0 aromatic heterocycles. The molecule has 1 aliphatic rings. The largest absolute Gasteiger partial charge is 0.494 e. The molecule has 164 valence electrons. The van der Waals surface area contributed by atoms with Crippen molar-refractivity contribution in [3.8, 4) is 5.75 Å². The topological polar surface area (TPSA) is 38.8 Å². The molecular formula is C23H21F4NO3. The van der Waals surface area contributed by atoms with E-state index in [0.29, 0.717) is 43.0 Å². The summed E-state index contributed by atoms with van der Waals surface area (Å²) in [6.07, 6.45) is 0.106. The van der Waals surface area contributed by atoms with Gasteiger partial charge in [0.05, 0.1) is 25.9 Å². The molecule has 4 nitrogen and oxygen atoms in total. The van der Waals surface area contributed by atoms with Crippen LogP contribution in [0, 0.1) is 5.82 Å². The molecule has 3 rings (SSSR count). The molecule has 1 amide bonds. The molecule has 0 radical (unpaired) electrons. The van der Waals surface area contributed by atoms with E-state index < -0.39 is 17.6 Å². The molecular weight excluding hydrogens is 414 g/mol. The van der Waals surface area contributed by atoms with E-state index in [-0.39, 0.29) is 11.7 Å². The number of hydrogen-bond acceptors (Lipinski definition) is 3. The molecule has 0 atom stereocenters. The zero-order valence-corrected chi connectivity index (χ0v) is 16.8. The number of carbonyl (C=O) groups is 1. The monoisotopic (exact) mass is 435 g/mol. The highest BCUT2D eigenvalue weighted by Crippen LogP contribution is 2.29. The number of morpholine rings is 1. The van der Waals surface area contributed by atoms with Crippen molar-refractivity contribution >= 4 is 17.6 Å². The molecule has 1 aliphatic heterocycles. The van der Waals surface area contributed by atoms with E-state index >= 15 is 0 Å². The molecule has 2 aromatic rings. The van der Waals surface area contributed by atoms with Gasteiger partial charge in [-0.25, -0.2) is 4.39 Å². The van der Waals surface area contributed by atoms with Crippen LogP contribution in [0.3, 0.4) is 0 Å². The average molecular weight is 435 g/mol. The Bertz CT molecular complexity index is 975. The van der Waals surface area contributed by atoms with Crippen molar-refractivity contribution in [2.24, 2.45) is 0 Å². The number of benzene rings is 2. The SMILES string of the molecule is COc1ccc(C(/C=C/c2ccc(C(F)(F)F)cc2)=C/C(=O)N2CCOCC2)cc1F. The maximum Gasteiger partial charge on any atom is 0.416 e. The number of nitrogens with zero attached hydrogens (tertiary/aromatic N) is 1. The Kier molecular flexibility index (Phi) is 7.12. The standard InChI is InChI=1S/C23H21F4NO3/c1-30-21-9-6-17(14-20(21)24)18(15-22(29)28-10-12-31-13-11-28)5-2-16-3-7-19(8-4-16)23(25,26)27/h2-9,14-15H,10-13H2,1H3/b5-2+,18-15+. The van der Waals surface area contributed by atoms with Crippen molar-refractivity contribution < 1.29 is 31.8 Å². The van der Waals surface area contributed by atoms with Crippen LogP contribution in [0.15, 0.2) is 54.6 Å². The first-order valence-corrected chi connectivity index (χ1v) is 9.55. The first-order chi connectivity index (χ1) is 14.8. The van der Waals surface area contributed by atoms with Gasteiger partial charge in [-0.1, -0.05) is 30.4 Å². The van der Waals surface area contributed by atoms with E-state index in [1.54, 1.807) is 23.1 Å². The fourth-order valence-electron chi connectivity index (χ4n) is 3.05. The van der Waals surface area contributed by atoms with Crippen LogP contribution in [0.4, 0.5) is 17.6 Å². The van der Waals surface area contributed by atoms with Crippen LogP contribution in [-0.2, 0) is 15.7 Å². The van der Waals surface area contributed by atoms with Gasteiger partial charge in [-0.3, -0.25) is 4.79 Å². The lowest BCUT2D eigenvalue weighted by molar-refractivity contribution is -0.137. The number of allylic oxidation sites excluding steroid dienone is 2. The van der Waals surface area contributed by atoms with E-state index in [0.717, 1.165) is 12.1 Å². The lowest BCUT2D eigenvalue weighted by atomic mass is 10.0. The molecule has 8 heteroatoms. The fraction of sp³-hybridized carbons (Fsp3) is 0.261. The third-order valence-corrected chi connectivity index (χ3v) is 4.78. The van der Waals surface area contributed by atoms with Crippen molar-refractivity contribution in [3.05, 3.63) is 77.1 Å². The van der Waals surface area contributed by atoms with Crippen LogP contribution in [0.2, 0.25) is 0 Å². The zero-order valence-electron chi connectivity index (χ0n) is 16.8. The second-order valence-electron chi connectivity index (χ2n) is 6.84. The summed E-state index contributed by atoms with van der Waals surface area (Å²) in [7, 11) is 1.35. The van der Waals surface area contributed by atoms with Gasteiger partial charge < -0.3 is 14.4 Å². The van der Waals surface area contributed by atoms with Crippen LogP contribution >= 0.6 is 0 Å². The number of carbonyl (C=O) groups excluding carboxylic acids is 1. The average Bonchev–Trinajstić information content (AvgIpc) is 2.76. The minimum atomic E-state index is -4.42. The number of methoxy groups -OCH3 is 1. The third-order valence-electron chi connectivity index (χ3n) is 4.78. The number of hydrogen-bond donors (Lipinski definition) is 0. The fourth-order valence-corrected chi connectivity index (χ4v) is 3.05. The Hall–Kier alpha value is -3.13. The molecule has 2 aromatic carbocycles. The Labute approximate surface area is 177 Å². The summed E-state index contributed by atoms with van der Waals surface area (Å²) in [6, 6.07) is 8.92. The highest BCUT2D eigenvalue weighted by Gasteiger charge is 2.29. The quantitative estimate of drug-likeness (QED) is 0.385. The van der Waals surface area contributed by atoms with Gasteiger partial charge >= 0.3 is 6.18 Å². The molecule has 1 saturated heterocycles. The number of amides is 1. The maximum atomic E-state index is 14.2. The van der Waals surface area contributed by atoms with Gasteiger partial charge in [0.15, 0.2) is 11.6 Å².